The molecular formula is C19H28IN5O. The molecule has 1 aromatic carbocycles. The van der Waals surface area contributed by atoms with Crippen molar-refractivity contribution in [1.29, 1.82) is 0 Å². The fraction of sp³-hybridized carbons (Fsp3) is 0.474. The van der Waals surface area contributed by atoms with Crippen LogP contribution in [-0.4, -0.2) is 37.3 Å². The maximum absolute atomic E-state index is 5.30. The number of aromatic nitrogens is 1. The Morgan fingerprint density at radius 3 is 2.62 bits per heavy atom. The van der Waals surface area contributed by atoms with Crippen molar-refractivity contribution in [2.75, 3.05) is 25.0 Å². The molecule has 6 nitrogen and oxygen atoms in total. The summed E-state index contributed by atoms with van der Waals surface area (Å²) in [7, 11) is 1.80. The van der Waals surface area contributed by atoms with E-state index in [1.165, 1.54) is 5.69 Å². The zero-order valence-corrected chi connectivity index (χ0v) is 17.8. The van der Waals surface area contributed by atoms with Crippen LogP contribution in [0.1, 0.15) is 31.2 Å². The summed E-state index contributed by atoms with van der Waals surface area (Å²) in [6.07, 6.45) is 3.08. The van der Waals surface area contributed by atoms with Crippen molar-refractivity contribution in [3.05, 3.63) is 47.9 Å². The van der Waals surface area contributed by atoms with Crippen molar-refractivity contribution in [1.82, 2.24) is 15.8 Å². The Hall–Kier alpha value is -1.77. The highest BCUT2D eigenvalue weighted by molar-refractivity contribution is 14.0. The van der Waals surface area contributed by atoms with Crippen molar-refractivity contribution in [3.63, 3.8) is 0 Å². The quantitative estimate of drug-likeness (QED) is 0.400. The molecule has 0 unspecified atom stereocenters. The highest BCUT2D eigenvalue weighted by atomic mass is 127. The minimum atomic E-state index is 0. The number of hydrogen-bond donors (Lipinski definition) is 2. The van der Waals surface area contributed by atoms with E-state index in [9.17, 15) is 0 Å². The van der Waals surface area contributed by atoms with Gasteiger partial charge in [-0.25, -0.2) is 0 Å². The first-order valence-corrected chi connectivity index (χ1v) is 9.00. The minimum absolute atomic E-state index is 0. The van der Waals surface area contributed by atoms with E-state index in [1.54, 1.807) is 7.05 Å². The lowest BCUT2D eigenvalue weighted by Gasteiger charge is -2.34. The van der Waals surface area contributed by atoms with Crippen molar-refractivity contribution < 1.29 is 4.52 Å². The number of piperidine rings is 1. The van der Waals surface area contributed by atoms with E-state index in [-0.39, 0.29) is 24.0 Å². The van der Waals surface area contributed by atoms with Crippen molar-refractivity contribution in [2.24, 2.45) is 4.99 Å². The molecule has 0 atom stereocenters. The number of rotatable bonds is 5. The van der Waals surface area contributed by atoms with Crippen LogP contribution in [0.2, 0.25) is 0 Å². The van der Waals surface area contributed by atoms with E-state index < -0.39 is 0 Å². The first-order chi connectivity index (χ1) is 12.3. The zero-order valence-electron chi connectivity index (χ0n) is 15.4. The van der Waals surface area contributed by atoms with Crippen LogP contribution in [0, 0.1) is 0 Å². The molecule has 1 aromatic heterocycles. The lowest BCUT2D eigenvalue weighted by molar-refractivity contribution is 0.374. The molecule has 0 amide bonds. The van der Waals surface area contributed by atoms with Gasteiger partial charge in [0.2, 0.25) is 0 Å². The summed E-state index contributed by atoms with van der Waals surface area (Å²) >= 11 is 0. The standard InChI is InChI=1S/C19H27N5O.HI/c1-3-15-13-18(25-23-15)14-21-19(20-2)22-16-9-11-24(12-10-16)17-7-5-4-6-8-17;/h4-8,13,16H,3,9-12,14H2,1-2H3,(H2,20,21,22);1H. The minimum Gasteiger partial charge on any atom is -0.371 e. The molecule has 0 spiro atoms. The summed E-state index contributed by atoms with van der Waals surface area (Å²) in [5.74, 6) is 1.64. The molecule has 1 aliphatic heterocycles. The van der Waals surface area contributed by atoms with E-state index in [4.69, 9.17) is 4.52 Å². The van der Waals surface area contributed by atoms with E-state index in [0.29, 0.717) is 12.6 Å². The number of guanidine groups is 1. The number of nitrogens with zero attached hydrogens (tertiary/aromatic N) is 3. The maximum Gasteiger partial charge on any atom is 0.191 e. The van der Waals surface area contributed by atoms with Gasteiger partial charge in [-0.1, -0.05) is 30.3 Å². The van der Waals surface area contributed by atoms with Gasteiger partial charge in [0.05, 0.1) is 12.2 Å². The summed E-state index contributed by atoms with van der Waals surface area (Å²) in [6.45, 7) is 4.77. The molecule has 7 heteroatoms. The van der Waals surface area contributed by atoms with E-state index in [1.807, 2.05) is 6.07 Å². The SMILES string of the molecule is CCc1cc(CNC(=NC)NC2CCN(c3ccccc3)CC2)on1.I. The second-order valence-electron chi connectivity index (χ2n) is 6.31. The lowest BCUT2D eigenvalue weighted by Crippen LogP contribution is -2.48. The maximum atomic E-state index is 5.30. The zero-order chi connectivity index (χ0) is 17.5. The molecule has 2 N–H and O–H groups in total. The third-order valence-corrected chi connectivity index (χ3v) is 4.58. The summed E-state index contributed by atoms with van der Waals surface area (Å²) in [4.78, 5) is 6.76. The fourth-order valence-corrected chi connectivity index (χ4v) is 3.09. The number of halogens is 1. The number of aryl methyl sites for hydroxylation is 1. The highest BCUT2D eigenvalue weighted by Crippen LogP contribution is 2.19. The molecule has 2 heterocycles. The summed E-state index contributed by atoms with van der Waals surface area (Å²) in [5.41, 5.74) is 2.29. The Morgan fingerprint density at radius 1 is 1.27 bits per heavy atom. The van der Waals surface area contributed by atoms with Gasteiger partial charge < -0.3 is 20.1 Å². The number of anilines is 1. The molecule has 1 saturated heterocycles. The van der Waals surface area contributed by atoms with E-state index in [2.05, 4.69) is 62.9 Å². The average Bonchev–Trinajstić information content (AvgIpc) is 3.14. The Morgan fingerprint density at radius 2 is 2.00 bits per heavy atom. The fourth-order valence-electron chi connectivity index (χ4n) is 3.09. The molecular weight excluding hydrogens is 441 g/mol. The van der Waals surface area contributed by atoms with Crippen LogP contribution >= 0.6 is 24.0 Å². The normalized spacial score (nSPS) is 15.5. The molecule has 1 fully saturated rings. The van der Waals surface area contributed by atoms with E-state index in [0.717, 1.165) is 49.8 Å². The Bertz CT molecular complexity index is 680. The molecule has 0 bridgehead atoms. The molecule has 142 valence electrons. The average molecular weight is 469 g/mol. The third kappa shape index (κ3) is 5.62. The smallest absolute Gasteiger partial charge is 0.191 e. The second kappa shape index (κ2) is 10.4. The molecule has 26 heavy (non-hydrogen) atoms. The third-order valence-electron chi connectivity index (χ3n) is 4.58. The summed E-state index contributed by atoms with van der Waals surface area (Å²) in [5, 5.41) is 10.8. The van der Waals surface area contributed by atoms with Crippen molar-refractivity contribution >= 4 is 35.6 Å². The van der Waals surface area contributed by atoms with Gasteiger partial charge in [0, 0.05) is 37.9 Å². The Balaban J connectivity index is 0.00000243. The molecule has 0 aliphatic carbocycles. The lowest BCUT2D eigenvalue weighted by atomic mass is 10.0. The van der Waals surface area contributed by atoms with Crippen molar-refractivity contribution in [3.8, 4) is 0 Å². The second-order valence-corrected chi connectivity index (χ2v) is 6.31. The first kappa shape index (κ1) is 20.5. The monoisotopic (exact) mass is 469 g/mol. The van der Waals surface area contributed by atoms with Crippen LogP contribution in [0.4, 0.5) is 5.69 Å². The van der Waals surface area contributed by atoms with Gasteiger partial charge >= 0.3 is 0 Å². The highest BCUT2D eigenvalue weighted by Gasteiger charge is 2.20. The van der Waals surface area contributed by atoms with Crippen LogP contribution in [0.25, 0.3) is 0 Å². The molecule has 1 aliphatic rings. The van der Waals surface area contributed by atoms with E-state index >= 15 is 0 Å². The topological polar surface area (TPSA) is 65.7 Å². The predicted molar refractivity (Wildman–Crippen MR) is 116 cm³/mol. The molecule has 0 radical (unpaired) electrons. The Kier molecular flexibility index (Phi) is 8.21. The van der Waals surface area contributed by atoms with Gasteiger partial charge in [0.25, 0.3) is 0 Å². The van der Waals surface area contributed by atoms with Crippen molar-refractivity contribution in [2.45, 2.75) is 38.8 Å². The number of benzene rings is 1. The van der Waals surface area contributed by atoms with Gasteiger partial charge in [-0.05, 0) is 31.4 Å². The predicted octanol–water partition coefficient (Wildman–Crippen LogP) is 3.19. The van der Waals surface area contributed by atoms with Crippen LogP contribution in [0.5, 0.6) is 0 Å². The molecule has 2 aromatic rings. The Labute approximate surface area is 172 Å². The molecule has 0 saturated carbocycles. The number of hydrogen-bond acceptors (Lipinski definition) is 4. The number of aliphatic imine (C=N–C) groups is 1. The largest absolute Gasteiger partial charge is 0.371 e. The summed E-state index contributed by atoms with van der Waals surface area (Å²) in [6, 6.07) is 13.0. The van der Waals surface area contributed by atoms with Gasteiger partial charge in [0.15, 0.2) is 11.7 Å². The summed E-state index contributed by atoms with van der Waals surface area (Å²) < 4.78 is 5.30. The van der Waals surface area contributed by atoms with Gasteiger partial charge in [-0.2, -0.15) is 0 Å². The molecule has 3 rings (SSSR count). The van der Waals surface area contributed by atoms with Crippen LogP contribution < -0.4 is 15.5 Å². The number of para-hydroxylation sites is 1. The van der Waals surface area contributed by atoms with Crippen LogP contribution in [0.15, 0.2) is 45.9 Å². The van der Waals surface area contributed by atoms with Crippen LogP contribution in [-0.2, 0) is 13.0 Å². The van der Waals surface area contributed by atoms with Gasteiger partial charge in [0.1, 0.15) is 0 Å². The first-order valence-electron chi connectivity index (χ1n) is 9.00. The van der Waals surface area contributed by atoms with Gasteiger partial charge in [-0.3, -0.25) is 4.99 Å². The number of nitrogens with one attached hydrogen (secondary N) is 2. The van der Waals surface area contributed by atoms with Crippen LogP contribution in [0.3, 0.4) is 0 Å². The van der Waals surface area contributed by atoms with Gasteiger partial charge in [-0.15, -0.1) is 24.0 Å².